The Kier molecular flexibility index (Phi) is 1.54. The highest BCUT2D eigenvalue weighted by Gasteiger charge is 2.52. The summed E-state index contributed by atoms with van der Waals surface area (Å²) in [4.78, 5) is 12.1. The third-order valence-electron chi connectivity index (χ3n) is 2.88. The van der Waals surface area contributed by atoms with Gasteiger partial charge in [0.05, 0.1) is 11.6 Å². The van der Waals surface area contributed by atoms with Crippen LogP contribution in [0, 0.1) is 0 Å². The van der Waals surface area contributed by atoms with Crippen molar-refractivity contribution in [3.8, 4) is 0 Å². The minimum atomic E-state index is -0.891. The molecule has 1 saturated carbocycles. The summed E-state index contributed by atoms with van der Waals surface area (Å²) < 4.78 is 0. The van der Waals surface area contributed by atoms with Crippen LogP contribution < -0.4 is 0 Å². The van der Waals surface area contributed by atoms with E-state index in [1.165, 1.54) is 4.90 Å². The smallest absolute Gasteiger partial charge is 0.407 e. The summed E-state index contributed by atoms with van der Waals surface area (Å²) in [6, 6.07) is -0.130. The van der Waals surface area contributed by atoms with Crippen molar-refractivity contribution in [3.05, 3.63) is 0 Å². The zero-order chi connectivity index (χ0) is 8.77. The Labute approximate surface area is 70.8 Å². The van der Waals surface area contributed by atoms with E-state index in [-0.39, 0.29) is 6.04 Å². The highest BCUT2D eigenvalue weighted by molar-refractivity contribution is 5.66. The molecule has 0 aromatic heterocycles. The number of amides is 1. The molecule has 68 valence electrons. The molecule has 0 unspecified atom stereocenters. The maximum atomic E-state index is 10.7. The molecule has 4 nitrogen and oxygen atoms in total. The molecule has 1 saturated heterocycles. The predicted octanol–water partition coefficient (Wildman–Crippen LogP) is 0.654. The van der Waals surface area contributed by atoms with Gasteiger partial charge >= 0.3 is 6.09 Å². The molecule has 1 aliphatic carbocycles. The molecule has 0 radical (unpaired) electrons. The van der Waals surface area contributed by atoms with Gasteiger partial charge in [0.15, 0.2) is 0 Å². The standard InChI is InChI=1S/C8H13NO3/c10-7(11)9-5-1-2-6(9)8(12)3-4-8/h6,12H,1-5H2,(H,10,11)/t6-/m1/s1. The Bertz CT molecular complexity index is 212. The topological polar surface area (TPSA) is 60.8 Å². The molecule has 2 aliphatic rings. The molecule has 1 atom stereocenters. The van der Waals surface area contributed by atoms with E-state index >= 15 is 0 Å². The van der Waals surface area contributed by atoms with Gasteiger partial charge in [0.25, 0.3) is 0 Å². The summed E-state index contributed by atoms with van der Waals surface area (Å²) in [5.74, 6) is 0. The number of hydrogen-bond donors (Lipinski definition) is 2. The Morgan fingerprint density at radius 3 is 2.67 bits per heavy atom. The first-order valence-corrected chi connectivity index (χ1v) is 4.35. The first-order valence-electron chi connectivity index (χ1n) is 4.35. The van der Waals surface area contributed by atoms with Gasteiger partial charge in [-0.15, -0.1) is 0 Å². The second-order valence-electron chi connectivity index (χ2n) is 3.74. The monoisotopic (exact) mass is 171 g/mol. The molecule has 1 heterocycles. The molecule has 2 N–H and O–H groups in total. The van der Waals surface area contributed by atoms with Gasteiger partial charge in [-0.2, -0.15) is 0 Å². The van der Waals surface area contributed by atoms with E-state index in [2.05, 4.69) is 0 Å². The first-order chi connectivity index (χ1) is 5.63. The van der Waals surface area contributed by atoms with Crippen LogP contribution in [0.15, 0.2) is 0 Å². The second-order valence-corrected chi connectivity index (χ2v) is 3.74. The van der Waals surface area contributed by atoms with E-state index < -0.39 is 11.7 Å². The van der Waals surface area contributed by atoms with Crippen molar-refractivity contribution in [2.75, 3.05) is 6.54 Å². The number of nitrogens with zero attached hydrogens (tertiary/aromatic N) is 1. The molecular weight excluding hydrogens is 158 g/mol. The third kappa shape index (κ3) is 1.06. The van der Waals surface area contributed by atoms with Gasteiger partial charge in [0, 0.05) is 6.54 Å². The number of aliphatic hydroxyl groups is 1. The highest BCUT2D eigenvalue weighted by atomic mass is 16.4. The quantitative estimate of drug-likeness (QED) is 0.609. The fourth-order valence-electron chi connectivity index (χ4n) is 2.02. The molecule has 0 spiro atoms. The number of hydrogen-bond acceptors (Lipinski definition) is 2. The van der Waals surface area contributed by atoms with Crippen LogP contribution in [0.2, 0.25) is 0 Å². The van der Waals surface area contributed by atoms with Crippen LogP contribution >= 0.6 is 0 Å². The number of carbonyl (C=O) groups is 1. The SMILES string of the molecule is O=C(O)N1CCC[C@@H]1C1(O)CC1. The van der Waals surface area contributed by atoms with Crippen molar-refractivity contribution in [3.63, 3.8) is 0 Å². The van der Waals surface area contributed by atoms with E-state index in [9.17, 15) is 9.90 Å². The number of carboxylic acid groups (broad SMARTS) is 1. The molecule has 1 aliphatic heterocycles. The summed E-state index contributed by atoms with van der Waals surface area (Å²) in [6.07, 6.45) is 2.35. The van der Waals surface area contributed by atoms with Gasteiger partial charge in [0.1, 0.15) is 0 Å². The van der Waals surface area contributed by atoms with Gasteiger partial charge < -0.3 is 15.1 Å². The zero-order valence-electron chi connectivity index (χ0n) is 6.86. The average Bonchev–Trinajstić information content (AvgIpc) is 2.61. The fraction of sp³-hybridized carbons (Fsp3) is 0.875. The molecule has 2 rings (SSSR count). The van der Waals surface area contributed by atoms with Crippen molar-refractivity contribution < 1.29 is 15.0 Å². The lowest BCUT2D eigenvalue weighted by atomic mass is 10.1. The Morgan fingerprint density at radius 1 is 1.50 bits per heavy atom. The van der Waals surface area contributed by atoms with Gasteiger partial charge in [0.2, 0.25) is 0 Å². The summed E-state index contributed by atoms with van der Waals surface area (Å²) in [5, 5.41) is 18.5. The van der Waals surface area contributed by atoms with Crippen LogP contribution in [0.4, 0.5) is 4.79 Å². The first kappa shape index (κ1) is 7.86. The lowest BCUT2D eigenvalue weighted by molar-refractivity contribution is 0.0505. The van der Waals surface area contributed by atoms with Gasteiger partial charge in [-0.3, -0.25) is 0 Å². The lowest BCUT2D eigenvalue weighted by Gasteiger charge is -2.25. The normalized spacial score (nSPS) is 32.1. The van der Waals surface area contributed by atoms with E-state index in [1.807, 2.05) is 0 Å². The minimum absolute atomic E-state index is 0.130. The van der Waals surface area contributed by atoms with Crippen LogP contribution in [0.3, 0.4) is 0 Å². The molecule has 0 bridgehead atoms. The van der Waals surface area contributed by atoms with E-state index in [0.717, 1.165) is 25.7 Å². The Morgan fingerprint density at radius 2 is 2.17 bits per heavy atom. The number of rotatable bonds is 1. The Balaban J connectivity index is 2.09. The van der Waals surface area contributed by atoms with Crippen LogP contribution in [0.5, 0.6) is 0 Å². The van der Waals surface area contributed by atoms with E-state index in [1.54, 1.807) is 0 Å². The van der Waals surface area contributed by atoms with Gasteiger partial charge in [-0.25, -0.2) is 4.79 Å². The predicted molar refractivity (Wildman–Crippen MR) is 41.9 cm³/mol. The summed E-state index contributed by atoms with van der Waals surface area (Å²) in [6.45, 7) is 0.586. The largest absolute Gasteiger partial charge is 0.465 e. The Hall–Kier alpha value is -0.770. The minimum Gasteiger partial charge on any atom is -0.465 e. The van der Waals surface area contributed by atoms with Crippen LogP contribution in [0.25, 0.3) is 0 Å². The van der Waals surface area contributed by atoms with E-state index in [4.69, 9.17) is 5.11 Å². The van der Waals surface area contributed by atoms with Crippen LogP contribution in [-0.2, 0) is 0 Å². The second kappa shape index (κ2) is 2.36. The van der Waals surface area contributed by atoms with Crippen molar-refractivity contribution in [2.24, 2.45) is 0 Å². The summed E-state index contributed by atoms with van der Waals surface area (Å²) >= 11 is 0. The summed E-state index contributed by atoms with van der Waals surface area (Å²) in [7, 11) is 0. The fourth-order valence-corrected chi connectivity index (χ4v) is 2.02. The van der Waals surface area contributed by atoms with Crippen LogP contribution in [0.1, 0.15) is 25.7 Å². The molecule has 12 heavy (non-hydrogen) atoms. The van der Waals surface area contributed by atoms with Crippen molar-refractivity contribution in [2.45, 2.75) is 37.3 Å². The average molecular weight is 171 g/mol. The molecule has 4 heteroatoms. The van der Waals surface area contributed by atoms with Crippen molar-refractivity contribution >= 4 is 6.09 Å². The third-order valence-corrected chi connectivity index (χ3v) is 2.88. The van der Waals surface area contributed by atoms with Crippen LogP contribution in [-0.4, -0.2) is 39.4 Å². The molecule has 2 fully saturated rings. The highest BCUT2D eigenvalue weighted by Crippen LogP contribution is 2.44. The maximum absolute atomic E-state index is 10.7. The lowest BCUT2D eigenvalue weighted by Crippen LogP contribution is -2.43. The number of likely N-dealkylation sites (tertiary alicyclic amines) is 1. The molecule has 0 aromatic rings. The molecular formula is C8H13NO3. The van der Waals surface area contributed by atoms with Crippen molar-refractivity contribution in [1.29, 1.82) is 0 Å². The molecule has 0 aromatic carbocycles. The van der Waals surface area contributed by atoms with Gasteiger partial charge in [-0.05, 0) is 25.7 Å². The summed E-state index contributed by atoms with van der Waals surface area (Å²) in [5.41, 5.74) is -0.672. The zero-order valence-corrected chi connectivity index (χ0v) is 6.86. The van der Waals surface area contributed by atoms with Crippen molar-refractivity contribution in [1.82, 2.24) is 4.90 Å². The van der Waals surface area contributed by atoms with Gasteiger partial charge in [-0.1, -0.05) is 0 Å². The maximum Gasteiger partial charge on any atom is 0.407 e. The molecule has 1 amide bonds. The van der Waals surface area contributed by atoms with E-state index in [0.29, 0.717) is 6.54 Å².